The van der Waals surface area contributed by atoms with Crippen LogP contribution >= 0.6 is 15.9 Å². The zero-order chi connectivity index (χ0) is 13.7. The van der Waals surface area contributed by atoms with E-state index in [4.69, 9.17) is 9.94 Å². The maximum atomic E-state index is 8.76. The van der Waals surface area contributed by atoms with Crippen LogP contribution in [0.25, 0.3) is 0 Å². The first-order valence-electron chi connectivity index (χ1n) is 5.85. The van der Waals surface area contributed by atoms with Gasteiger partial charge in [-0.1, -0.05) is 45.4 Å². The molecule has 0 saturated carbocycles. The van der Waals surface area contributed by atoms with Gasteiger partial charge in [0, 0.05) is 10.0 Å². The lowest BCUT2D eigenvalue weighted by Crippen LogP contribution is -1.98. The van der Waals surface area contributed by atoms with Crippen molar-refractivity contribution in [3.8, 4) is 5.75 Å². The molecule has 2 aromatic carbocycles. The number of nitrogens with zero attached hydrogens (tertiary/aromatic N) is 1. The van der Waals surface area contributed by atoms with Gasteiger partial charge in [-0.05, 0) is 36.8 Å². The highest BCUT2D eigenvalue weighted by Crippen LogP contribution is 2.17. The summed E-state index contributed by atoms with van der Waals surface area (Å²) in [6, 6.07) is 15.5. The third-order valence-corrected chi connectivity index (χ3v) is 3.25. The predicted octanol–water partition coefficient (Wildman–Crippen LogP) is 4.23. The second kappa shape index (κ2) is 6.38. The quantitative estimate of drug-likeness (QED) is 0.520. The molecular formula is C15H14BrNO2. The first kappa shape index (κ1) is 13.6. The van der Waals surface area contributed by atoms with Gasteiger partial charge in [0.15, 0.2) is 0 Å². The normalized spacial score (nSPS) is 11.4. The standard InChI is InChI=1S/C15H14BrNO2/c1-11(17-18)13-3-2-4-15(9-13)19-10-12-5-7-14(16)8-6-12/h2-9,18H,10H2,1H3/b17-11+. The highest BCUT2D eigenvalue weighted by molar-refractivity contribution is 9.10. The number of oxime groups is 1. The van der Waals surface area contributed by atoms with Gasteiger partial charge in [-0.3, -0.25) is 0 Å². The molecular weight excluding hydrogens is 306 g/mol. The van der Waals surface area contributed by atoms with E-state index in [1.807, 2.05) is 48.5 Å². The van der Waals surface area contributed by atoms with E-state index in [1.165, 1.54) is 0 Å². The van der Waals surface area contributed by atoms with Crippen molar-refractivity contribution in [1.29, 1.82) is 0 Å². The fourth-order valence-corrected chi connectivity index (χ4v) is 1.88. The molecule has 0 heterocycles. The summed E-state index contributed by atoms with van der Waals surface area (Å²) in [5.41, 5.74) is 2.51. The fourth-order valence-electron chi connectivity index (χ4n) is 1.62. The van der Waals surface area contributed by atoms with Crippen LogP contribution in [0.15, 0.2) is 58.2 Å². The molecule has 0 fully saturated rings. The molecule has 0 unspecified atom stereocenters. The van der Waals surface area contributed by atoms with Gasteiger partial charge >= 0.3 is 0 Å². The molecule has 19 heavy (non-hydrogen) atoms. The monoisotopic (exact) mass is 319 g/mol. The van der Waals surface area contributed by atoms with Crippen LogP contribution in [0.1, 0.15) is 18.1 Å². The van der Waals surface area contributed by atoms with Crippen molar-refractivity contribution in [1.82, 2.24) is 0 Å². The van der Waals surface area contributed by atoms with E-state index in [0.29, 0.717) is 12.3 Å². The molecule has 98 valence electrons. The molecule has 0 spiro atoms. The topological polar surface area (TPSA) is 41.8 Å². The van der Waals surface area contributed by atoms with Crippen LogP contribution in [0.2, 0.25) is 0 Å². The molecule has 0 aliphatic carbocycles. The minimum atomic E-state index is 0.506. The molecule has 0 bridgehead atoms. The molecule has 4 heteroatoms. The smallest absolute Gasteiger partial charge is 0.120 e. The van der Waals surface area contributed by atoms with Gasteiger partial charge in [0.05, 0.1) is 5.71 Å². The zero-order valence-corrected chi connectivity index (χ0v) is 12.1. The highest BCUT2D eigenvalue weighted by atomic mass is 79.9. The van der Waals surface area contributed by atoms with Crippen molar-refractivity contribution in [2.75, 3.05) is 0 Å². The molecule has 2 rings (SSSR count). The van der Waals surface area contributed by atoms with E-state index in [-0.39, 0.29) is 0 Å². The molecule has 0 aromatic heterocycles. The molecule has 3 nitrogen and oxygen atoms in total. The number of benzene rings is 2. The van der Waals surface area contributed by atoms with E-state index in [2.05, 4.69) is 21.1 Å². The van der Waals surface area contributed by atoms with Gasteiger partial charge in [-0.25, -0.2) is 0 Å². The third-order valence-electron chi connectivity index (χ3n) is 2.72. The number of halogens is 1. The van der Waals surface area contributed by atoms with E-state index in [1.54, 1.807) is 6.92 Å². The summed E-state index contributed by atoms with van der Waals surface area (Å²) in [5.74, 6) is 0.753. The number of hydrogen-bond acceptors (Lipinski definition) is 3. The average molecular weight is 320 g/mol. The summed E-state index contributed by atoms with van der Waals surface area (Å²) < 4.78 is 6.76. The van der Waals surface area contributed by atoms with Gasteiger partial charge in [0.1, 0.15) is 12.4 Å². The third kappa shape index (κ3) is 3.83. The van der Waals surface area contributed by atoms with Gasteiger partial charge < -0.3 is 9.94 Å². The maximum Gasteiger partial charge on any atom is 0.120 e. The van der Waals surface area contributed by atoms with Gasteiger partial charge in [-0.2, -0.15) is 0 Å². The van der Waals surface area contributed by atoms with Crippen molar-refractivity contribution >= 4 is 21.6 Å². The van der Waals surface area contributed by atoms with Crippen LogP contribution < -0.4 is 4.74 Å². The Labute approximate surface area is 120 Å². The van der Waals surface area contributed by atoms with Crippen LogP contribution in [0.4, 0.5) is 0 Å². The summed E-state index contributed by atoms with van der Waals surface area (Å²) in [5, 5.41) is 11.9. The van der Waals surface area contributed by atoms with Crippen LogP contribution in [-0.2, 0) is 6.61 Å². The first-order valence-corrected chi connectivity index (χ1v) is 6.64. The zero-order valence-electron chi connectivity index (χ0n) is 10.5. The average Bonchev–Trinajstić information content (AvgIpc) is 2.46. The molecule has 0 radical (unpaired) electrons. The largest absolute Gasteiger partial charge is 0.489 e. The fraction of sp³-hybridized carbons (Fsp3) is 0.133. The lowest BCUT2D eigenvalue weighted by molar-refractivity contribution is 0.306. The Balaban J connectivity index is 2.05. The Bertz CT molecular complexity index is 579. The molecule has 2 aromatic rings. The Hall–Kier alpha value is -1.81. The molecule has 1 N–H and O–H groups in total. The summed E-state index contributed by atoms with van der Waals surface area (Å²) in [7, 11) is 0. The Kier molecular flexibility index (Phi) is 4.58. The predicted molar refractivity (Wildman–Crippen MR) is 78.9 cm³/mol. The second-order valence-electron chi connectivity index (χ2n) is 4.13. The van der Waals surface area contributed by atoms with E-state index >= 15 is 0 Å². The van der Waals surface area contributed by atoms with Crippen LogP contribution in [0, 0.1) is 0 Å². The second-order valence-corrected chi connectivity index (χ2v) is 5.04. The van der Waals surface area contributed by atoms with E-state index in [9.17, 15) is 0 Å². The lowest BCUT2D eigenvalue weighted by Gasteiger charge is -2.08. The van der Waals surface area contributed by atoms with Gasteiger partial charge in [0.25, 0.3) is 0 Å². The van der Waals surface area contributed by atoms with Gasteiger partial charge in [0.2, 0.25) is 0 Å². The van der Waals surface area contributed by atoms with Crippen molar-refractivity contribution < 1.29 is 9.94 Å². The van der Waals surface area contributed by atoms with Crippen molar-refractivity contribution in [3.63, 3.8) is 0 Å². The van der Waals surface area contributed by atoms with E-state index < -0.39 is 0 Å². The summed E-state index contributed by atoms with van der Waals surface area (Å²) in [6.45, 7) is 2.25. The lowest BCUT2D eigenvalue weighted by atomic mass is 10.1. The summed E-state index contributed by atoms with van der Waals surface area (Å²) in [6.07, 6.45) is 0. The highest BCUT2D eigenvalue weighted by Gasteiger charge is 2.01. The van der Waals surface area contributed by atoms with Crippen LogP contribution in [0.3, 0.4) is 0 Å². The minimum Gasteiger partial charge on any atom is -0.489 e. The Morgan fingerprint density at radius 3 is 2.63 bits per heavy atom. The molecule has 0 amide bonds. The minimum absolute atomic E-state index is 0.506. The van der Waals surface area contributed by atoms with Crippen molar-refractivity contribution in [3.05, 3.63) is 64.1 Å². The Morgan fingerprint density at radius 1 is 1.21 bits per heavy atom. The summed E-state index contributed by atoms with van der Waals surface area (Å²) >= 11 is 3.40. The molecule has 0 aliphatic rings. The van der Waals surface area contributed by atoms with Crippen LogP contribution in [0.5, 0.6) is 5.75 Å². The molecule has 0 saturated heterocycles. The number of rotatable bonds is 4. The SMILES string of the molecule is C/C(=N\O)c1cccc(OCc2ccc(Br)cc2)c1. The number of hydrogen-bond donors (Lipinski definition) is 1. The van der Waals surface area contributed by atoms with Crippen molar-refractivity contribution in [2.24, 2.45) is 5.16 Å². The van der Waals surface area contributed by atoms with Crippen molar-refractivity contribution in [2.45, 2.75) is 13.5 Å². The Morgan fingerprint density at radius 2 is 1.95 bits per heavy atom. The molecule has 0 atom stereocenters. The first-order chi connectivity index (χ1) is 9.19. The molecule has 0 aliphatic heterocycles. The van der Waals surface area contributed by atoms with Crippen LogP contribution in [-0.4, -0.2) is 10.9 Å². The van der Waals surface area contributed by atoms with E-state index in [0.717, 1.165) is 21.3 Å². The van der Waals surface area contributed by atoms with Gasteiger partial charge in [-0.15, -0.1) is 0 Å². The number of ether oxygens (including phenoxy) is 1. The maximum absolute atomic E-state index is 8.76. The summed E-state index contributed by atoms with van der Waals surface area (Å²) in [4.78, 5) is 0.